The lowest BCUT2D eigenvalue weighted by atomic mass is 9.88. The maximum absolute atomic E-state index is 13.9. The lowest BCUT2D eigenvalue weighted by Gasteiger charge is -2.36. The van der Waals surface area contributed by atoms with E-state index >= 15 is 0 Å². The van der Waals surface area contributed by atoms with Crippen LogP contribution in [0.25, 0.3) is 0 Å². The zero-order valence-corrected chi connectivity index (χ0v) is 12.4. The smallest absolute Gasteiger partial charge is 0.335 e. The molecular weight excluding hydrogens is 277 g/mol. The van der Waals surface area contributed by atoms with Gasteiger partial charge in [-0.2, -0.15) is 11.8 Å². The van der Waals surface area contributed by atoms with Crippen LogP contribution in [0.4, 0.5) is 10.1 Å². The molecule has 0 aromatic heterocycles. The van der Waals surface area contributed by atoms with Crippen molar-refractivity contribution in [2.45, 2.75) is 36.9 Å². The van der Waals surface area contributed by atoms with Crippen molar-refractivity contribution >= 4 is 23.4 Å². The molecule has 110 valence electrons. The monoisotopic (exact) mass is 297 g/mol. The molecule has 2 N–H and O–H groups in total. The molecule has 0 radical (unpaired) electrons. The number of carbonyl (C=O) groups is 1. The van der Waals surface area contributed by atoms with Gasteiger partial charge in [0.05, 0.1) is 11.3 Å². The average molecular weight is 297 g/mol. The Morgan fingerprint density at radius 3 is 2.65 bits per heavy atom. The van der Waals surface area contributed by atoms with E-state index in [2.05, 4.69) is 11.6 Å². The van der Waals surface area contributed by atoms with E-state index in [1.165, 1.54) is 31.4 Å². The van der Waals surface area contributed by atoms with Crippen molar-refractivity contribution in [1.29, 1.82) is 0 Å². The van der Waals surface area contributed by atoms with E-state index in [1.54, 1.807) is 0 Å². The predicted molar refractivity (Wildman–Crippen MR) is 81.2 cm³/mol. The van der Waals surface area contributed by atoms with E-state index in [1.807, 2.05) is 11.8 Å². The second-order valence-corrected chi connectivity index (χ2v) is 6.58. The maximum Gasteiger partial charge on any atom is 0.335 e. The van der Waals surface area contributed by atoms with E-state index in [9.17, 15) is 9.18 Å². The topological polar surface area (TPSA) is 49.3 Å². The Bertz CT molecular complexity index is 487. The van der Waals surface area contributed by atoms with Crippen LogP contribution in [0.3, 0.4) is 0 Å². The molecule has 1 aromatic carbocycles. The number of carboxylic acids is 1. The van der Waals surface area contributed by atoms with Crippen LogP contribution >= 0.6 is 11.8 Å². The normalized spacial score (nSPS) is 17.7. The van der Waals surface area contributed by atoms with Gasteiger partial charge in [-0.1, -0.05) is 19.3 Å². The highest BCUT2D eigenvalue weighted by Gasteiger charge is 2.31. The molecular formula is C15H20FNO2S. The fourth-order valence-electron chi connectivity index (χ4n) is 2.70. The third kappa shape index (κ3) is 3.45. The van der Waals surface area contributed by atoms with Gasteiger partial charge in [-0.15, -0.1) is 0 Å². The predicted octanol–water partition coefficient (Wildman–Crippen LogP) is 4.00. The van der Waals surface area contributed by atoms with Crippen LogP contribution in [0.5, 0.6) is 0 Å². The molecule has 0 aliphatic heterocycles. The van der Waals surface area contributed by atoms with Gasteiger partial charge in [0.2, 0.25) is 0 Å². The minimum absolute atomic E-state index is 0.0229. The number of anilines is 1. The van der Waals surface area contributed by atoms with Crippen molar-refractivity contribution in [1.82, 2.24) is 0 Å². The van der Waals surface area contributed by atoms with Gasteiger partial charge in [0.25, 0.3) is 0 Å². The summed E-state index contributed by atoms with van der Waals surface area (Å²) in [5, 5.41) is 12.0. The van der Waals surface area contributed by atoms with Crippen LogP contribution in [0.2, 0.25) is 0 Å². The summed E-state index contributed by atoms with van der Waals surface area (Å²) in [5.41, 5.74) is 0.360. The summed E-state index contributed by atoms with van der Waals surface area (Å²) >= 11 is 1.85. The van der Waals surface area contributed by atoms with E-state index in [0.29, 0.717) is 5.69 Å². The van der Waals surface area contributed by atoms with Gasteiger partial charge in [-0.05, 0) is 37.3 Å². The van der Waals surface area contributed by atoms with E-state index in [4.69, 9.17) is 5.11 Å². The van der Waals surface area contributed by atoms with Gasteiger partial charge in [0.1, 0.15) is 5.82 Å². The second-order valence-electron chi connectivity index (χ2n) is 5.30. The van der Waals surface area contributed by atoms with Gasteiger partial charge in [-0.25, -0.2) is 9.18 Å². The molecule has 0 unspecified atom stereocenters. The zero-order valence-electron chi connectivity index (χ0n) is 11.6. The number of hydrogen-bond donors (Lipinski definition) is 2. The SMILES string of the molecule is CSC1(CNc2ccc(C(=O)O)cc2F)CCCCC1. The number of carboxylic acid groups (broad SMARTS) is 1. The molecule has 20 heavy (non-hydrogen) atoms. The summed E-state index contributed by atoms with van der Waals surface area (Å²) in [4.78, 5) is 10.8. The minimum Gasteiger partial charge on any atom is -0.478 e. The molecule has 0 atom stereocenters. The zero-order chi connectivity index (χ0) is 14.6. The summed E-state index contributed by atoms with van der Waals surface area (Å²) in [6.45, 7) is 0.720. The summed E-state index contributed by atoms with van der Waals surface area (Å²) in [7, 11) is 0. The van der Waals surface area contributed by atoms with Crippen LogP contribution in [-0.2, 0) is 0 Å². The first kappa shape index (κ1) is 15.2. The summed E-state index contributed by atoms with van der Waals surface area (Å²) < 4.78 is 14.0. The Morgan fingerprint density at radius 1 is 1.40 bits per heavy atom. The highest BCUT2D eigenvalue weighted by molar-refractivity contribution is 8.00. The molecule has 0 bridgehead atoms. The lowest BCUT2D eigenvalue weighted by Crippen LogP contribution is -2.35. The molecule has 1 saturated carbocycles. The van der Waals surface area contributed by atoms with Crippen LogP contribution < -0.4 is 5.32 Å². The van der Waals surface area contributed by atoms with Gasteiger partial charge < -0.3 is 10.4 Å². The molecule has 3 nitrogen and oxygen atoms in total. The van der Waals surface area contributed by atoms with Crippen molar-refractivity contribution in [2.75, 3.05) is 18.1 Å². The van der Waals surface area contributed by atoms with Crippen molar-refractivity contribution in [3.63, 3.8) is 0 Å². The van der Waals surface area contributed by atoms with Crippen molar-refractivity contribution in [2.24, 2.45) is 0 Å². The second kappa shape index (κ2) is 6.48. The molecule has 1 fully saturated rings. The summed E-state index contributed by atoms with van der Waals surface area (Å²) in [5.74, 6) is -1.61. The Labute approximate surface area is 123 Å². The lowest BCUT2D eigenvalue weighted by molar-refractivity contribution is 0.0696. The van der Waals surface area contributed by atoms with Crippen molar-refractivity contribution < 1.29 is 14.3 Å². The Balaban J connectivity index is 2.04. The van der Waals surface area contributed by atoms with Crippen molar-refractivity contribution in [3.8, 4) is 0 Å². The molecule has 1 aliphatic rings. The molecule has 0 saturated heterocycles. The van der Waals surface area contributed by atoms with Gasteiger partial charge >= 0.3 is 5.97 Å². The van der Waals surface area contributed by atoms with Crippen LogP contribution in [0.15, 0.2) is 18.2 Å². The first-order valence-electron chi connectivity index (χ1n) is 6.88. The van der Waals surface area contributed by atoms with E-state index < -0.39 is 11.8 Å². The van der Waals surface area contributed by atoms with E-state index in [0.717, 1.165) is 25.5 Å². The van der Waals surface area contributed by atoms with Crippen LogP contribution in [-0.4, -0.2) is 28.6 Å². The molecule has 1 aliphatic carbocycles. The minimum atomic E-state index is -1.11. The number of aromatic carboxylic acids is 1. The van der Waals surface area contributed by atoms with E-state index in [-0.39, 0.29) is 10.3 Å². The molecule has 0 heterocycles. The first-order valence-corrected chi connectivity index (χ1v) is 8.11. The largest absolute Gasteiger partial charge is 0.478 e. The number of benzene rings is 1. The third-order valence-electron chi connectivity index (χ3n) is 4.01. The molecule has 5 heteroatoms. The van der Waals surface area contributed by atoms with Gasteiger partial charge in [0.15, 0.2) is 0 Å². The number of rotatable bonds is 5. The Hall–Kier alpha value is -1.23. The summed E-state index contributed by atoms with van der Waals surface area (Å²) in [6, 6.07) is 4.01. The standard InChI is InChI=1S/C15H20FNO2S/c1-20-15(7-3-2-4-8-15)10-17-13-6-5-11(14(18)19)9-12(13)16/h5-6,9,17H,2-4,7-8,10H2,1H3,(H,18,19). The number of hydrogen-bond acceptors (Lipinski definition) is 3. The molecule has 1 aromatic rings. The Kier molecular flexibility index (Phi) is 4.91. The third-order valence-corrected chi connectivity index (χ3v) is 5.43. The van der Waals surface area contributed by atoms with Crippen molar-refractivity contribution in [3.05, 3.63) is 29.6 Å². The number of halogens is 1. The fraction of sp³-hybridized carbons (Fsp3) is 0.533. The average Bonchev–Trinajstić information content (AvgIpc) is 2.47. The van der Waals surface area contributed by atoms with Gasteiger partial charge in [-0.3, -0.25) is 0 Å². The highest BCUT2D eigenvalue weighted by Crippen LogP contribution is 2.38. The Morgan fingerprint density at radius 2 is 2.10 bits per heavy atom. The highest BCUT2D eigenvalue weighted by atomic mass is 32.2. The maximum atomic E-state index is 13.9. The first-order chi connectivity index (χ1) is 9.56. The fourth-order valence-corrected chi connectivity index (χ4v) is 3.61. The molecule has 2 rings (SSSR count). The van der Waals surface area contributed by atoms with Gasteiger partial charge in [0, 0.05) is 11.3 Å². The molecule has 0 amide bonds. The quantitative estimate of drug-likeness (QED) is 0.862. The number of nitrogens with one attached hydrogen (secondary N) is 1. The number of thioether (sulfide) groups is 1. The van der Waals surface area contributed by atoms with Crippen LogP contribution in [0.1, 0.15) is 42.5 Å². The summed E-state index contributed by atoms with van der Waals surface area (Å²) in [6.07, 6.45) is 8.14. The van der Waals surface area contributed by atoms with Crippen LogP contribution in [0, 0.1) is 5.82 Å². The molecule has 0 spiro atoms.